The maximum Gasteiger partial charge on any atom is 0.151 e. The minimum atomic E-state index is -0.229. The number of halogens is 2. The Hall–Kier alpha value is -0.250. The summed E-state index contributed by atoms with van der Waals surface area (Å²) >= 11 is 9.80. The topological polar surface area (TPSA) is 113 Å². The largest absolute Gasteiger partial charge is 0.379 e. The van der Waals surface area contributed by atoms with Gasteiger partial charge in [-0.25, -0.2) is 0 Å². The van der Waals surface area contributed by atoms with Crippen molar-refractivity contribution >= 4 is 65.7 Å². The van der Waals surface area contributed by atoms with Crippen molar-refractivity contribution in [1.82, 2.24) is 4.98 Å². The van der Waals surface area contributed by atoms with Crippen LogP contribution in [0.5, 0.6) is 0 Å². The van der Waals surface area contributed by atoms with Crippen LogP contribution < -0.4 is 11.5 Å². The molecule has 0 bridgehead atoms. The Balaban J connectivity index is 3.14. The molecule has 134 valence electrons. The highest BCUT2D eigenvalue weighted by molar-refractivity contribution is 9.09. The van der Waals surface area contributed by atoms with Gasteiger partial charge in [0.25, 0.3) is 0 Å². The molecule has 1 aromatic rings. The van der Waals surface area contributed by atoms with E-state index in [1.54, 1.807) is 0 Å². The van der Waals surface area contributed by atoms with Gasteiger partial charge >= 0.3 is 0 Å². The summed E-state index contributed by atoms with van der Waals surface area (Å²) in [7, 11) is 0. The number of nitrogens with two attached hydrogens (primary N) is 2. The highest BCUT2D eigenvalue weighted by atomic mass is 79.9. The van der Waals surface area contributed by atoms with Gasteiger partial charge in [-0.2, -0.15) is 0 Å². The Labute approximate surface area is 168 Å². The molecule has 0 amide bonds. The lowest BCUT2D eigenvalue weighted by atomic mass is 9.87. The van der Waals surface area contributed by atoms with Gasteiger partial charge in [0.15, 0.2) is 10.3 Å². The van der Waals surface area contributed by atoms with Crippen molar-refractivity contribution in [2.45, 2.75) is 24.7 Å². The summed E-state index contributed by atoms with van der Waals surface area (Å²) in [5.41, 5.74) is 12.5. The molecular formula is C15H23Br2N5S2. The summed E-state index contributed by atoms with van der Waals surface area (Å²) in [6.07, 6.45) is 0. The van der Waals surface area contributed by atoms with Gasteiger partial charge in [0, 0.05) is 44.4 Å². The molecule has 0 saturated heterocycles. The molecule has 6 N–H and O–H groups in total. The van der Waals surface area contributed by atoms with Crippen molar-refractivity contribution in [2.24, 2.45) is 11.5 Å². The van der Waals surface area contributed by atoms with Crippen LogP contribution in [0.3, 0.4) is 0 Å². The van der Waals surface area contributed by atoms with Crippen molar-refractivity contribution in [3.8, 4) is 0 Å². The molecule has 0 unspecified atom stereocenters. The Bertz CT molecular complexity index is 554. The van der Waals surface area contributed by atoms with Crippen LogP contribution in [0.25, 0.3) is 0 Å². The molecule has 0 aromatic carbocycles. The summed E-state index contributed by atoms with van der Waals surface area (Å²) in [4.78, 5) is 4.91. The average Bonchev–Trinajstić information content (AvgIpc) is 2.57. The molecule has 0 aliphatic carbocycles. The molecule has 1 rings (SSSR count). The summed E-state index contributed by atoms with van der Waals surface area (Å²) in [5.74, 6) is 1.36. The normalized spacial score (nSPS) is 16.2. The monoisotopic (exact) mass is 495 g/mol. The predicted octanol–water partition coefficient (Wildman–Crippen LogP) is 3.64. The zero-order valence-corrected chi connectivity index (χ0v) is 18.5. The van der Waals surface area contributed by atoms with E-state index >= 15 is 0 Å². The highest BCUT2D eigenvalue weighted by Crippen LogP contribution is 2.33. The number of aromatic nitrogens is 1. The third-order valence-electron chi connectivity index (χ3n) is 3.67. The molecule has 0 saturated carbocycles. The van der Waals surface area contributed by atoms with E-state index in [9.17, 15) is 0 Å². The molecule has 2 atom stereocenters. The molecule has 0 fully saturated rings. The van der Waals surface area contributed by atoms with Crippen molar-refractivity contribution in [2.75, 3.05) is 22.2 Å². The summed E-state index contributed by atoms with van der Waals surface area (Å²) in [6, 6.07) is 6.03. The van der Waals surface area contributed by atoms with Crippen LogP contribution in [-0.2, 0) is 10.8 Å². The number of amidine groups is 2. The van der Waals surface area contributed by atoms with Crippen LogP contribution in [0.2, 0.25) is 0 Å². The molecular weight excluding hydrogens is 474 g/mol. The summed E-state index contributed by atoms with van der Waals surface area (Å²) in [6.45, 7) is 4.22. The fourth-order valence-corrected chi connectivity index (χ4v) is 4.89. The van der Waals surface area contributed by atoms with E-state index in [1.807, 2.05) is 18.2 Å². The smallest absolute Gasteiger partial charge is 0.151 e. The lowest BCUT2D eigenvalue weighted by molar-refractivity contribution is 0.557. The van der Waals surface area contributed by atoms with Gasteiger partial charge in [0.05, 0.1) is 0 Å². The Morgan fingerprint density at radius 1 is 1.00 bits per heavy atom. The lowest BCUT2D eigenvalue weighted by Gasteiger charge is -2.30. The molecule has 5 nitrogen and oxygen atoms in total. The van der Waals surface area contributed by atoms with Gasteiger partial charge in [-0.05, 0) is 12.1 Å². The Morgan fingerprint density at radius 3 is 1.67 bits per heavy atom. The number of alkyl halides is 2. The second-order valence-corrected chi connectivity index (χ2v) is 9.26. The molecule has 0 spiro atoms. The zero-order chi connectivity index (χ0) is 18.4. The van der Waals surface area contributed by atoms with Crippen LogP contribution in [0.1, 0.15) is 25.2 Å². The van der Waals surface area contributed by atoms with Gasteiger partial charge in [-0.1, -0.05) is 75.3 Å². The maximum absolute atomic E-state index is 7.44. The van der Waals surface area contributed by atoms with Crippen LogP contribution in [-0.4, -0.2) is 37.5 Å². The van der Waals surface area contributed by atoms with Crippen LogP contribution >= 0.6 is 55.4 Å². The van der Waals surface area contributed by atoms with Crippen LogP contribution in [0, 0.1) is 10.8 Å². The highest BCUT2D eigenvalue weighted by Gasteiger charge is 2.32. The van der Waals surface area contributed by atoms with E-state index in [0.29, 0.717) is 11.5 Å². The molecule has 1 aromatic heterocycles. The number of hydrogen-bond donors (Lipinski definition) is 4. The van der Waals surface area contributed by atoms with Crippen molar-refractivity contribution in [3.05, 3.63) is 29.6 Å². The first-order chi connectivity index (χ1) is 11.2. The third kappa shape index (κ3) is 5.93. The summed E-state index contributed by atoms with van der Waals surface area (Å²) in [5, 5.41) is 16.6. The number of nitrogens with zero attached hydrogens (tertiary/aromatic N) is 1. The fourth-order valence-electron chi connectivity index (χ4n) is 1.94. The van der Waals surface area contributed by atoms with E-state index in [-0.39, 0.29) is 21.2 Å². The van der Waals surface area contributed by atoms with Crippen LogP contribution in [0.4, 0.5) is 0 Å². The predicted molar refractivity (Wildman–Crippen MR) is 115 cm³/mol. The first-order valence-corrected chi connectivity index (χ1v) is 11.4. The number of hydrogen-bond acceptors (Lipinski definition) is 5. The third-order valence-corrected chi connectivity index (χ3v) is 8.33. The standard InChI is InChI=1S/C15H23Br2N5S2/c1-14(6-16,8-23-12(18)19)10-4-3-5-11(22-10)15(2,7-17)9-24-13(20)21/h3-5H,6-9H2,1-2H3,(H3,18,19)(H3,20,21)/t14-,15-/m0/s1. The molecule has 9 heteroatoms. The van der Waals surface area contributed by atoms with Gasteiger partial charge in [-0.3, -0.25) is 15.8 Å². The number of pyridine rings is 1. The molecule has 0 aliphatic rings. The average molecular weight is 497 g/mol. The minimum Gasteiger partial charge on any atom is -0.379 e. The summed E-state index contributed by atoms with van der Waals surface area (Å²) < 4.78 is 0. The first kappa shape index (κ1) is 21.8. The van der Waals surface area contributed by atoms with E-state index in [4.69, 9.17) is 27.3 Å². The second kappa shape index (κ2) is 9.45. The number of rotatable bonds is 8. The van der Waals surface area contributed by atoms with Crippen molar-refractivity contribution in [1.29, 1.82) is 10.8 Å². The fraction of sp³-hybridized carbons (Fsp3) is 0.533. The van der Waals surface area contributed by atoms with E-state index in [0.717, 1.165) is 22.0 Å². The first-order valence-electron chi connectivity index (χ1n) is 7.20. The van der Waals surface area contributed by atoms with Crippen LogP contribution in [0.15, 0.2) is 18.2 Å². The molecule has 0 aliphatic heterocycles. The quantitative estimate of drug-likeness (QED) is 0.249. The second-order valence-electron chi connectivity index (χ2n) is 6.10. The Morgan fingerprint density at radius 2 is 1.38 bits per heavy atom. The van der Waals surface area contributed by atoms with Gasteiger partial charge in [-0.15, -0.1) is 0 Å². The Kier molecular flexibility index (Phi) is 8.58. The number of nitrogens with one attached hydrogen (secondary N) is 2. The number of thioether (sulfide) groups is 2. The molecule has 24 heavy (non-hydrogen) atoms. The van der Waals surface area contributed by atoms with Crippen molar-refractivity contribution in [3.63, 3.8) is 0 Å². The zero-order valence-electron chi connectivity index (χ0n) is 13.7. The van der Waals surface area contributed by atoms with E-state index in [2.05, 4.69) is 45.7 Å². The van der Waals surface area contributed by atoms with E-state index in [1.165, 1.54) is 23.5 Å². The van der Waals surface area contributed by atoms with Gasteiger partial charge in [0.1, 0.15) is 0 Å². The molecule has 1 heterocycles. The molecule has 0 radical (unpaired) electrons. The minimum absolute atomic E-state index is 0.112. The SMILES string of the molecule is C[C@](CBr)(CSC(=N)N)c1cccc([C@@](C)(CBr)CSC(=N)N)n1. The van der Waals surface area contributed by atoms with E-state index < -0.39 is 0 Å². The van der Waals surface area contributed by atoms with Gasteiger partial charge < -0.3 is 11.5 Å². The maximum atomic E-state index is 7.44. The van der Waals surface area contributed by atoms with Gasteiger partial charge in [0.2, 0.25) is 0 Å². The lowest BCUT2D eigenvalue weighted by Crippen LogP contribution is -2.33. The van der Waals surface area contributed by atoms with Crippen molar-refractivity contribution < 1.29 is 0 Å².